The molecule has 0 aromatic heterocycles. The Kier molecular flexibility index (Phi) is 3.62. The van der Waals surface area contributed by atoms with Crippen LogP contribution in [0, 0.1) is 0 Å². The minimum atomic E-state index is 0.823. The van der Waals surface area contributed by atoms with Crippen LogP contribution in [0.15, 0.2) is 0 Å². The molecule has 0 rings (SSSR count). The third kappa shape index (κ3) is 4.27. The second-order valence-electron chi connectivity index (χ2n) is 1.17. The lowest BCUT2D eigenvalue weighted by atomic mass is 11.0. The summed E-state index contributed by atoms with van der Waals surface area (Å²) in [7, 11) is 3.77. The van der Waals surface area contributed by atoms with Gasteiger partial charge in [0.2, 0.25) is 0 Å². The fourth-order valence-electron chi connectivity index (χ4n) is 0.229. The molecule has 0 aliphatic heterocycles. The normalized spacial score (nSPS) is 10.0. The van der Waals surface area contributed by atoms with Crippen LogP contribution in [-0.4, -0.2) is 25.1 Å². The molecule has 0 amide bonds. The van der Waals surface area contributed by atoms with E-state index in [1.165, 1.54) is 0 Å². The molecule has 0 saturated carbocycles. The van der Waals surface area contributed by atoms with E-state index in [9.17, 15) is 0 Å². The molecule has 0 spiro atoms. The van der Waals surface area contributed by atoms with E-state index in [2.05, 4.69) is 18.1 Å². The van der Waals surface area contributed by atoms with Crippen LogP contribution in [0.3, 0.4) is 0 Å². The van der Waals surface area contributed by atoms with Crippen molar-refractivity contribution in [3.63, 3.8) is 0 Å². The largest absolute Gasteiger partial charge is 0.307 e. The zero-order valence-electron chi connectivity index (χ0n) is 4.10. The fraction of sp³-hybridized carbons (Fsp3) is 1.00. The molecule has 0 bridgehead atoms. The van der Waals surface area contributed by atoms with Gasteiger partial charge in [0.25, 0.3) is 0 Å². The number of hydrogen-bond donors (Lipinski definition) is 2. The van der Waals surface area contributed by atoms with Gasteiger partial charge in [-0.05, 0) is 14.1 Å². The number of hydrogen-bond acceptors (Lipinski definition) is 3. The molecule has 0 fully saturated rings. The van der Waals surface area contributed by atoms with Crippen molar-refractivity contribution in [2.45, 2.75) is 0 Å². The predicted molar refractivity (Wildman–Crippen MR) is 30.7 cm³/mol. The maximum atomic E-state index is 3.95. The van der Waals surface area contributed by atoms with Crippen LogP contribution >= 0.6 is 12.8 Å². The summed E-state index contributed by atoms with van der Waals surface area (Å²) in [6.07, 6.45) is 0. The summed E-state index contributed by atoms with van der Waals surface area (Å²) >= 11 is 3.95. The second-order valence-corrected chi connectivity index (χ2v) is 1.85. The zero-order valence-corrected chi connectivity index (χ0v) is 5.00. The van der Waals surface area contributed by atoms with Gasteiger partial charge in [-0.25, -0.2) is 4.31 Å². The smallest absolute Gasteiger partial charge is 0.0573 e. The molecular weight excluding hydrogens is 96.1 g/mol. The Hall–Kier alpha value is 0.270. The van der Waals surface area contributed by atoms with E-state index in [1.807, 2.05) is 14.1 Å². The van der Waals surface area contributed by atoms with Gasteiger partial charge < -0.3 is 5.32 Å². The topological polar surface area (TPSA) is 15.3 Å². The number of nitrogens with zero attached hydrogens (tertiary/aromatic N) is 1. The van der Waals surface area contributed by atoms with Gasteiger partial charge in [-0.1, -0.05) is 12.8 Å². The van der Waals surface area contributed by atoms with Crippen LogP contribution in [0.2, 0.25) is 0 Å². The molecule has 3 heteroatoms. The third-order valence-electron chi connectivity index (χ3n) is 0.387. The SMILES string of the molecule is CNCN(C)S. The molecule has 0 unspecified atom stereocenters. The van der Waals surface area contributed by atoms with Crippen molar-refractivity contribution in [3.8, 4) is 0 Å². The first-order chi connectivity index (χ1) is 2.77. The molecule has 0 aliphatic rings. The number of thiol groups is 1. The van der Waals surface area contributed by atoms with Crippen LogP contribution in [0.4, 0.5) is 0 Å². The maximum Gasteiger partial charge on any atom is 0.0573 e. The van der Waals surface area contributed by atoms with Crippen molar-refractivity contribution in [1.82, 2.24) is 9.62 Å². The highest BCUT2D eigenvalue weighted by molar-refractivity contribution is 7.77. The van der Waals surface area contributed by atoms with E-state index < -0.39 is 0 Å². The van der Waals surface area contributed by atoms with E-state index in [0.29, 0.717) is 0 Å². The molecule has 0 aromatic rings. The highest BCUT2D eigenvalue weighted by Gasteiger charge is 1.78. The first kappa shape index (κ1) is 6.27. The van der Waals surface area contributed by atoms with Crippen molar-refractivity contribution >= 4 is 12.8 Å². The Labute approximate surface area is 44.1 Å². The molecule has 0 heterocycles. The van der Waals surface area contributed by atoms with Gasteiger partial charge in [-0.3, -0.25) is 0 Å². The van der Waals surface area contributed by atoms with Gasteiger partial charge in [0.1, 0.15) is 0 Å². The zero-order chi connectivity index (χ0) is 4.99. The molecular formula is C3H10N2S. The van der Waals surface area contributed by atoms with E-state index in [4.69, 9.17) is 0 Å². The summed E-state index contributed by atoms with van der Waals surface area (Å²) in [5.74, 6) is 0. The summed E-state index contributed by atoms with van der Waals surface area (Å²) in [5.41, 5.74) is 0. The minimum absolute atomic E-state index is 0.823. The van der Waals surface area contributed by atoms with E-state index >= 15 is 0 Å². The van der Waals surface area contributed by atoms with Crippen molar-refractivity contribution < 1.29 is 0 Å². The Morgan fingerprint density at radius 2 is 2.33 bits per heavy atom. The van der Waals surface area contributed by atoms with Crippen molar-refractivity contribution in [2.24, 2.45) is 0 Å². The minimum Gasteiger partial charge on any atom is -0.307 e. The Morgan fingerprint density at radius 3 is 2.33 bits per heavy atom. The fourth-order valence-corrected chi connectivity index (χ4v) is 0.370. The van der Waals surface area contributed by atoms with Crippen molar-refractivity contribution in [3.05, 3.63) is 0 Å². The van der Waals surface area contributed by atoms with E-state index in [-0.39, 0.29) is 0 Å². The van der Waals surface area contributed by atoms with Crippen LogP contribution in [0.25, 0.3) is 0 Å². The average Bonchev–Trinajstić information content (AvgIpc) is 1.35. The van der Waals surface area contributed by atoms with Gasteiger partial charge >= 0.3 is 0 Å². The molecule has 2 nitrogen and oxygen atoms in total. The first-order valence-electron chi connectivity index (χ1n) is 1.82. The number of rotatable bonds is 2. The Bertz CT molecular complexity index is 30.0. The molecule has 0 aromatic carbocycles. The van der Waals surface area contributed by atoms with Crippen molar-refractivity contribution in [1.29, 1.82) is 0 Å². The summed E-state index contributed by atoms with van der Waals surface area (Å²) in [4.78, 5) is 0. The summed E-state index contributed by atoms with van der Waals surface area (Å²) < 4.78 is 1.76. The summed E-state index contributed by atoms with van der Waals surface area (Å²) in [5, 5.41) is 2.92. The van der Waals surface area contributed by atoms with Gasteiger partial charge in [0.05, 0.1) is 6.67 Å². The molecule has 0 saturated heterocycles. The number of nitrogens with one attached hydrogen (secondary N) is 1. The Morgan fingerprint density at radius 1 is 1.83 bits per heavy atom. The van der Waals surface area contributed by atoms with Crippen LogP contribution in [0.5, 0.6) is 0 Å². The predicted octanol–water partition coefficient (Wildman–Crippen LogP) is -0.0601. The van der Waals surface area contributed by atoms with Gasteiger partial charge in [0, 0.05) is 0 Å². The van der Waals surface area contributed by atoms with Crippen LogP contribution in [0.1, 0.15) is 0 Å². The molecule has 38 valence electrons. The lowest BCUT2D eigenvalue weighted by Gasteiger charge is -2.03. The lowest BCUT2D eigenvalue weighted by Crippen LogP contribution is -2.20. The molecule has 1 N–H and O–H groups in total. The van der Waals surface area contributed by atoms with Gasteiger partial charge in [0.15, 0.2) is 0 Å². The van der Waals surface area contributed by atoms with Crippen LogP contribution < -0.4 is 5.32 Å². The maximum absolute atomic E-state index is 3.95. The van der Waals surface area contributed by atoms with Gasteiger partial charge in [-0.2, -0.15) is 0 Å². The van der Waals surface area contributed by atoms with E-state index in [0.717, 1.165) is 6.67 Å². The van der Waals surface area contributed by atoms with Crippen LogP contribution in [-0.2, 0) is 0 Å². The highest BCUT2D eigenvalue weighted by atomic mass is 32.1. The third-order valence-corrected chi connectivity index (χ3v) is 0.528. The Balaban J connectivity index is 2.63. The molecule has 0 radical (unpaired) electrons. The average molecular weight is 106 g/mol. The molecule has 6 heavy (non-hydrogen) atoms. The quantitative estimate of drug-likeness (QED) is 0.379. The second kappa shape index (κ2) is 3.46. The lowest BCUT2D eigenvalue weighted by molar-refractivity contribution is 0.529. The highest BCUT2D eigenvalue weighted by Crippen LogP contribution is 1.77. The molecule has 0 atom stereocenters. The standard InChI is InChI=1S/C3H10N2S/c1-4-3-5(2)6/h4,6H,3H2,1-2H3. The first-order valence-corrected chi connectivity index (χ1v) is 2.22. The van der Waals surface area contributed by atoms with Gasteiger partial charge in [-0.15, -0.1) is 0 Å². The summed E-state index contributed by atoms with van der Waals surface area (Å²) in [6, 6.07) is 0. The van der Waals surface area contributed by atoms with E-state index in [1.54, 1.807) is 4.31 Å². The van der Waals surface area contributed by atoms with Crippen molar-refractivity contribution in [2.75, 3.05) is 20.8 Å². The molecule has 0 aliphatic carbocycles. The monoisotopic (exact) mass is 106 g/mol. The summed E-state index contributed by atoms with van der Waals surface area (Å²) in [6.45, 7) is 0.823.